The zero-order chi connectivity index (χ0) is 14.5. The molecule has 1 saturated heterocycles. The molecule has 0 saturated carbocycles. The number of hydrogen-bond donors (Lipinski definition) is 1. The molecular weight excluding hydrogens is 246 g/mol. The lowest BCUT2D eigenvalue weighted by Crippen LogP contribution is -2.34. The van der Waals surface area contributed by atoms with Gasteiger partial charge < -0.3 is 15.1 Å². The third-order valence-corrected chi connectivity index (χ3v) is 4.29. The smallest absolute Gasteiger partial charge is 0.0367 e. The maximum atomic E-state index is 3.45. The van der Waals surface area contributed by atoms with E-state index < -0.39 is 0 Å². The first-order chi connectivity index (χ1) is 9.61. The Labute approximate surface area is 124 Å². The summed E-state index contributed by atoms with van der Waals surface area (Å²) < 4.78 is 0. The van der Waals surface area contributed by atoms with Crippen molar-refractivity contribution in [1.29, 1.82) is 0 Å². The Bertz CT molecular complexity index is 399. The van der Waals surface area contributed by atoms with Crippen LogP contribution in [0.5, 0.6) is 0 Å². The minimum atomic E-state index is 0.667. The van der Waals surface area contributed by atoms with E-state index in [1.807, 2.05) is 0 Å². The minimum absolute atomic E-state index is 0.667. The van der Waals surface area contributed by atoms with Crippen molar-refractivity contribution in [2.24, 2.45) is 5.92 Å². The van der Waals surface area contributed by atoms with E-state index in [0.717, 1.165) is 32.1 Å². The second kappa shape index (κ2) is 7.09. The molecule has 0 spiro atoms. The predicted molar refractivity (Wildman–Crippen MR) is 87.3 cm³/mol. The van der Waals surface area contributed by atoms with Crippen molar-refractivity contribution >= 4 is 5.69 Å². The van der Waals surface area contributed by atoms with E-state index in [0.29, 0.717) is 6.04 Å². The van der Waals surface area contributed by atoms with Gasteiger partial charge in [-0.2, -0.15) is 0 Å². The minimum Gasteiger partial charge on any atom is -0.370 e. The topological polar surface area (TPSA) is 18.5 Å². The molecule has 1 aliphatic heterocycles. The monoisotopic (exact) mass is 275 g/mol. The molecule has 1 fully saturated rings. The van der Waals surface area contributed by atoms with Gasteiger partial charge in [-0.25, -0.2) is 0 Å². The van der Waals surface area contributed by atoms with Crippen LogP contribution in [0.4, 0.5) is 5.69 Å². The van der Waals surface area contributed by atoms with Gasteiger partial charge in [0.1, 0.15) is 0 Å². The number of nitrogens with one attached hydrogen (secondary N) is 1. The van der Waals surface area contributed by atoms with Gasteiger partial charge in [-0.15, -0.1) is 0 Å². The summed E-state index contributed by atoms with van der Waals surface area (Å²) in [5.41, 5.74) is 2.74. The average Bonchev–Trinajstić information content (AvgIpc) is 2.82. The first kappa shape index (κ1) is 15.3. The lowest BCUT2D eigenvalue weighted by Gasteiger charge is -2.23. The zero-order valence-electron chi connectivity index (χ0n) is 13.4. The van der Waals surface area contributed by atoms with Gasteiger partial charge in [0, 0.05) is 31.4 Å². The number of benzene rings is 1. The molecular formula is C17H29N3. The summed E-state index contributed by atoms with van der Waals surface area (Å²) >= 11 is 0. The summed E-state index contributed by atoms with van der Waals surface area (Å²) in [6, 6.07) is 9.72. The molecule has 112 valence electrons. The van der Waals surface area contributed by atoms with Gasteiger partial charge in [0.15, 0.2) is 0 Å². The van der Waals surface area contributed by atoms with E-state index in [1.54, 1.807) is 0 Å². The van der Waals surface area contributed by atoms with Crippen LogP contribution in [0, 0.1) is 5.92 Å². The molecule has 1 aromatic rings. The molecule has 3 nitrogen and oxygen atoms in total. The summed E-state index contributed by atoms with van der Waals surface area (Å²) in [6.45, 7) is 8.93. The number of rotatable bonds is 6. The van der Waals surface area contributed by atoms with E-state index in [2.05, 4.69) is 67.3 Å². The van der Waals surface area contributed by atoms with Crippen LogP contribution in [0.2, 0.25) is 0 Å². The number of anilines is 1. The third kappa shape index (κ3) is 3.74. The van der Waals surface area contributed by atoms with Crippen LogP contribution in [-0.2, 0) is 6.54 Å². The average molecular weight is 275 g/mol. The number of hydrogen-bond acceptors (Lipinski definition) is 3. The van der Waals surface area contributed by atoms with Gasteiger partial charge in [0.05, 0.1) is 0 Å². The standard InChI is InChI=1S/C17H29N3/c1-5-10-18-11-15-6-8-16(9-7-15)20-12-14(2)17(13-20)19(3)4/h6-9,14,17-18H,5,10-13H2,1-4H3. The Hall–Kier alpha value is -1.06. The summed E-state index contributed by atoms with van der Waals surface area (Å²) in [7, 11) is 4.38. The molecule has 0 aliphatic carbocycles. The lowest BCUT2D eigenvalue weighted by molar-refractivity contribution is 0.266. The van der Waals surface area contributed by atoms with Crippen molar-refractivity contribution in [1.82, 2.24) is 10.2 Å². The van der Waals surface area contributed by atoms with Gasteiger partial charge in [-0.3, -0.25) is 0 Å². The highest BCUT2D eigenvalue weighted by Crippen LogP contribution is 2.26. The van der Waals surface area contributed by atoms with Crippen molar-refractivity contribution in [2.45, 2.75) is 32.9 Å². The highest BCUT2D eigenvalue weighted by atomic mass is 15.2. The Morgan fingerprint density at radius 2 is 1.90 bits per heavy atom. The molecule has 2 atom stereocenters. The second-order valence-corrected chi connectivity index (χ2v) is 6.26. The first-order valence-corrected chi connectivity index (χ1v) is 7.83. The highest BCUT2D eigenvalue weighted by Gasteiger charge is 2.30. The molecule has 1 aliphatic rings. The molecule has 20 heavy (non-hydrogen) atoms. The maximum Gasteiger partial charge on any atom is 0.0367 e. The fourth-order valence-corrected chi connectivity index (χ4v) is 3.07. The van der Waals surface area contributed by atoms with Crippen LogP contribution < -0.4 is 10.2 Å². The number of likely N-dealkylation sites (N-methyl/N-ethyl adjacent to an activating group) is 1. The summed E-state index contributed by atoms with van der Waals surface area (Å²) in [6.07, 6.45) is 1.19. The van der Waals surface area contributed by atoms with Gasteiger partial charge in [0.2, 0.25) is 0 Å². The normalized spacial score (nSPS) is 22.8. The van der Waals surface area contributed by atoms with Crippen LogP contribution >= 0.6 is 0 Å². The molecule has 0 radical (unpaired) electrons. The van der Waals surface area contributed by atoms with Crippen LogP contribution in [0.25, 0.3) is 0 Å². The quantitative estimate of drug-likeness (QED) is 0.805. The molecule has 0 amide bonds. The molecule has 2 unspecified atom stereocenters. The fraction of sp³-hybridized carbons (Fsp3) is 0.647. The van der Waals surface area contributed by atoms with Crippen LogP contribution in [0.15, 0.2) is 24.3 Å². The molecule has 0 bridgehead atoms. The van der Waals surface area contributed by atoms with Crippen molar-refractivity contribution in [3.05, 3.63) is 29.8 Å². The second-order valence-electron chi connectivity index (χ2n) is 6.26. The van der Waals surface area contributed by atoms with Gasteiger partial charge >= 0.3 is 0 Å². The van der Waals surface area contributed by atoms with Crippen LogP contribution in [0.3, 0.4) is 0 Å². The fourth-order valence-electron chi connectivity index (χ4n) is 3.07. The van der Waals surface area contributed by atoms with Crippen molar-refractivity contribution in [3.8, 4) is 0 Å². The van der Waals surface area contributed by atoms with E-state index in [-0.39, 0.29) is 0 Å². The van der Waals surface area contributed by atoms with E-state index >= 15 is 0 Å². The summed E-state index contributed by atoms with van der Waals surface area (Å²) in [5.74, 6) is 0.732. The SMILES string of the molecule is CCCNCc1ccc(N2CC(C)C(N(C)C)C2)cc1. The van der Waals surface area contributed by atoms with E-state index in [9.17, 15) is 0 Å². The van der Waals surface area contributed by atoms with Crippen molar-refractivity contribution in [2.75, 3.05) is 38.6 Å². The third-order valence-electron chi connectivity index (χ3n) is 4.29. The van der Waals surface area contributed by atoms with Crippen LogP contribution in [-0.4, -0.2) is 44.7 Å². The Kier molecular flexibility index (Phi) is 5.44. The van der Waals surface area contributed by atoms with Gasteiger partial charge in [0.25, 0.3) is 0 Å². The zero-order valence-corrected chi connectivity index (χ0v) is 13.4. The molecule has 0 aromatic heterocycles. The van der Waals surface area contributed by atoms with Gasteiger partial charge in [-0.1, -0.05) is 26.0 Å². The van der Waals surface area contributed by atoms with Gasteiger partial charge in [-0.05, 0) is 50.7 Å². The van der Waals surface area contributed by atoms with Crippen LogP contribution in [0.1, 0.15) is 25.8 Å². The van der Waals surface area contributed by atoms with E-state index in [1.165, 1.54) is 17.7 Å². The molecule has 1 N–H and O–H groups in total. The summed E-state index contributed by atoms with van der Waals surface area (Å²) in [5, 5.41) is 3.45. The summed E-state index contributed by atoms with van der Waals surface area (Å²) in [4.78, 5) is 4.87. The molecule has 1 heterocycles. The molecule has 2 rings (SSSR count). The Balaban J connectivity index is 1.93. The highest BCUT2D eigenvalue weighted by molar-refractivity contribution is 5.49. The Morgan fingerprint density at radius 3 is 2.45 bits per heavy atom. The molecule has 3 heteroatoms. The Morgan fingerprint density at radius 1 is 1.20 bits per heavy atom. The van der Waals surface area contributed by atoms with Crippen molar-refractivity contribution < 1.29 is 0 Å². The lowest BCUT2D eigenvalue weighted by atomic mass is 10.1. The van der Waals surface area contributed by atoms with Crippen molar-refractivity contribution in [3.63, 3.8) is 0 Å². The predicted octanol–water partition coefficient (Wildman–Crippen LogP) is 2.57. The molecule has 1 aromatic carbocycles. The van der Waals surface area contributed by atoms with E-state index in [4.69, 9.17) is 0 Å². The number of nitrogens with zero attached hydrogens (tertiary/aromatic N) is 2. The largest absolute Gasteiger partial charge is 0.370 e. The maximum absolute atomic E-state index is 3.45. The first-order valence-electron chi connectivity index (χ1n) is 7.83.